The third kappa shape index (κ3) is 2.21. The van der Waals surface area contributed by atoms with Crippen LogP contribution in [0.5, 0.6) is 0 Å². The summed E-state index contributed by atoms with van der Waals surface area (Å²) in [7, 11) is 1.36. The summed E-state index contributed by atoms with van der Waals surface area (Å²) >= 11 is 0. The van der Waals surface area contributed by atoms with Gasteiger partial charge in [-0.2, -0.15) is 0 Å². The quantitative estimate of drug-likeness (QED) is 0.551. The number of hydrogen-bond acceptors (Lipinski definition) is 4. The standard InChI is InChI=1S/C8H15N3O3/c1-14-10-8(13)6-3-2-4-11(6)7(12)5-9/h6H,2-5,9H2,1H3,(H,10,13)/t6-/m0/s1. The number of carbonyl (C=O) groups excluding carboxylic acids is 2. The molecule has 6 nitrogen and oxygen atoms in total. The minimum Gasteiger partial charge on any atom is -0.329 e. The first kappa shape index (κ1) is 10.9. The zero-order valence-corrected chi connectivity index (χ0v) is 8.16. The van der Waals surface area contributed by atoms with Gasteiger partial charge >= 0.3 is 0 Å². The Morgan fingerprint density at radius 1 is 1.64 bits per heavy atom. The number of hydrogen-bond donors (Lipinski definition) is 2. The molecular formula is C8H15N3O3. The predicted octanol–water partition coefficient (Wildman–Crippen LogP) is -1.39. The van der Waals surface area contributed by atoms with Gasteiger partial charge in [0.2, 0.25) is 5.91 Å². The molecule has 0 spiro atoms. The van der Waals surface area contributed by atoms with Crippen molar-refractivity contribution in [2.75, 3.05) is 20.2 Å². The van der Waals surface area contributed by atoms with Crippen LogP contribution < -0.4 is 11.2 Å². The summed E-state index contributed by atoms with van der Waals surface area (Å²) in [5, 5.41) is 0. The van der Waals surface area contributed by atoms with Gasteiger partial charge in [-0.25, -0.2) is 5.48 Å². The van der Waals surface area contributed by atoms with Gasteiger partial charge in [-0.3, -0.25) is 14.4 Å². The average Bonchev–Trinajstić information content (AvgIpc) is 2.65. The fourth-order valence-electron chi connectivity index (χ4n) is 1.62. The van der Waals surface area contributed by atoms with Gasteiger partial charge in [-0.15, -0.1) is 0 Å². The van der Waals surface area contributed by atoms with Crippen LogP contribution >= 0.6 is 0 Å². The van der Waals surface area contributed by atoms with E-state index < -0.39 is 6.04 Å². The minimum absolute atomic E-state index is 0.0588. The first-order valence-electron chi connectivity index (χ1n) is 4.53. The second kappa shape index (κ2) is 4.92. The molecule has 1 rings (SSSR count). The molecule has 1 atom stereocenters. The Morgan fingerprint density at radius 3 is 2.93 bits per heavy atom. The molecule has 0 saturated carbocycles. The predicted molar refractivity (Wildman–Crippen MR) is 48.9 cm³/mol. The normalized spacial score (nSPS) is 21.0. The smallest absolute Gasteiger partial charge is 0.266 e. The lowest BCUT2D eigenvalue weighted by Crippen LogP contribution is -2.47. The van der Waals surface area contributed by atoms with E-state index in [9.17, 15) is 9.59 Å². The number of nitrogens with one attached hydrogen (secondary N) is 1. The molecule has 6 heteroatoms. The number of rotatable bonds is 3. The monoisotopic (exact) mass is 201 g/mol. The highest BCUT2D eigenvalue weighted by Crippen LogP contribution is 2.16. The van der Waals surface area contributed by atoms with Gasteiger partial charge in [-0.1, -0.05) is 0 Å². The summed E-state index contributed by atoms with van der Waals surface area (Å²) in [6, 6.07) is -0.425. The first-order chi connectivity index (χ1) is 6.70. The highest BCUT2D eigenvalue weighted by atomic mass is 16.6. The second-order valence-corrected chi connectivity index (χ2v) is 3.12. The Labute approximate surface area is 82.3 Å². The highest BCUT2D eigenvalue weighted by Gasteiger charge is 2.33. The lowest BCUT2D eigenvalue weighted by atomic mass is 10.2. The van der Waals surface area contributed by atoms with Crippen molar-refractivity contribution in [3.63, 3.8) is 0 Å². The molecule has 3 N–H and O–H groups in total. The van der Waals surface area contributed by atoms with Crippen LogP contribution in [0.15, 0.2) is 0 Å². The number of carbonyl (C=O) groups is 2. The molecule has 0 radical (unpaired) electrons. The Morgan fingerprint density at radius 2 is 2.36 bits per heavy atom. The molecule has 0 aromatic heterocycles. The summed E-state index contributed by atoms with van der Waals surface area (Å²) in [5.41, 5.74) is 7.46. The van der Waals surface area contributed by atoms with Crippen LogP contribution in [-0.4, -0.2) is 43.0 Å². The summed E-state index contributed by atoms with van der Waals surface area (Å²) in [4.78, 5) is 28.7. The van der Waals surface area contributed by atoms with Crippen LogP contribution in [0.2, 0.25) is 0 Å². The first-order valence-corrected chi connectivity index (χ1v) is 4.53. The van der Waals surface area contributed by atoms with E-state index in [1.807, 2.05) is 0 Å². The van der Waals surface area contributed by atoms with Gasteiger partial charge in [0.1, 0.15) is 6.04 Å². The van der Waals surface area contributed by atoms with Crippen LogP contribution in [0.25, 0.3) is 0 Å². The lowest BCUT2D eigenvalue weighted by molar-refractivity contribution is -0.143. The van der Waals surface area contributed by atoms with E-state index in [2.05, 4.69) is 10.3 Å². The van der Waals surface area contributed by atoms with Gasteiger partial charge in [0.05, 0.1) is 13.7 Å². The fraction of sp³-hybridized carbons (Fsp3) is 0.750. The topological polar surface area (TPSA) is 84.7 Å². The fourth-order valence-corrected chi connectivity index (χ4v) is 1.62. The van der Waals surface area contributed by atoms with Crippen molar-refractivity contribution in [2.24, 2.45) is 5.73 Å². The largest absolute Gasteiger partial charge is 0.329 e. The average molecular weight is 201 g/mol. The highest BCUT2D eigenvalue weighted by molar-refractivity contribution is 5.88. The molecule has 2 amide bonds. The van der Waals surface area contributed by atoms with Gasteiger partial charge in [0, 0.05) is 6.54 Å². The Bertz CT molecular complexity index is 232. The molecule has 1 aliphatic heterocycles. The van der Waals surface area contributed by atoms with Crippen LogP contribution in [0.4, 0.5) is 0 Å². The molecule has 0 aromatic rings. The van der Waals surface area contributed by atoms with Crippen molar-refractivity contribution in [1.29, 1.82) is 0 Å². The van der Waals surface area contributed by atoms with Crippen molar-refractivity contribution in [3.8, 4) is 0 Å². The van der Waals surface area contributed by atoms with E-state index in [1.165, 1.54) is 12.0 Å². The third-order valence-corrected chi connectivity index (χ3v) is 2.25. The van der Waals surface area contributed by atoms with Crippen LogP contribution in [0, 0.1) is 0 Å². The summed E-state index contributed by atoms with van der Waals surface area (Å²) in [5.74, 6) is -0.481. The Hall–Kier alpha value is -1.14. The zero-order valence-electron chi connectivity index (χ0n) is 8.16. The van der Waals surface area contributed by atoms with Crippen LogP contribution in [0.3, 0.4) is 0 Å². The van der Waals surface area contributed by atoms with E-state index in [-0.39, 0.29) is 18.4 Å². The molecule has 1 aliphatic rings. The third-order valence-electron chi connectivity index (χ3n) is 2.25. The second-order valence-electron chi connectivity index (χ2n) is 3.12. The molecule has 14 heavy (non-hydrogen) atoms. The Balaban J connectivity index is 2.59. The molecule has 0 unspecified atom stereocenters. The number of likely N-dealkylation sites (tertiary alicyclic amines) is 1. The lowest BCUT2D eigenvalue weighted by Gasteiger charge is -2.22. The van der Waals surface area contributed by atoms with E-state index in [0.29, 0.717) is 13.0 Å². The zero-order chi connectivity index (χ0) is 10.6. The molecule has 1 saturated heterocycles. The van der Waals surface area contributed by atoms with Crippen LogP contribution in [0.1, 0.15) is 12.8 Å². The summed E-state index contributed by atoms with van der Waals surface area (Å²) in [6.07, 6.45) is 1.49. The van der Waals surface area contributed by atoms with E-state index in [1.54, 1.807) is 0 Å². The van der Waals surface area contributed by atoms with Gasteiger partial charge in [0.15, 0.2) is 0 Å². The number of hydroxylamine groups is 1. The molecule has 0 bridgehead atoms. The minimum atomic E-state index is -0.425. The van der Waals surface area contributed by atoms with Gasteiger partial charge < -0.3 is 10.6 Å². The molecule has 0 aliphatic carbocycles. The number of nitrogens with zero attached hydrogens (tertiary/aromatic N) is 1. The maximum atomic E-state index is 11.4. The molecule has 80 valence electrons. The summed E-state index contributed by atoms with van der Waals surface area (Å²) < 4.78 is 0. The molecule has 0 aromatic carbocycles. The SMILES string of the molecule is CONC(=O)[C@@H]1CCCN1C(=O)CN. The maximum absolute atomic E-state index is 11.4. The Kier molecular flexibility index (Phi) is 3.84. The molecule has 1 heterocycles. The van der Waals surface area contributed by atoms with E-state index >= 15 is 0 Å². The molecule has 1 fully saturated rings. The summed E-state index contributed by atoms with van der Waals surface area (Å²) in [6.45, 7) is 0.536. The number of amides is 2. The van der Waals surface area contributed by atoms with Crippen molar-refractivity contribution in [3.05, 3.63) is 0 Å². The van der Waals surface area contributed by atoms with E-state index in [4.69, 9.17) is 5.73 Å². The van der Waals surface area contributed by atoms with Crippen molar-refractivity contribution in [1.82, 2.24) is 10.4 Å². The van der Waals surface area contributed by atoms with Gasteiger partial charge in [-0.05, 0) is 12.8 Å². The maximum Gasteiger partial charge on any atom is 0.266 e. The van der Waals surface area contributed by atoms with Crippen molar-refractivity contribution < 1.29 is 14.4 Å². The molecular weight excluding hydrogens is 186 g/mol. The number of nitrogens with two attached hydrogens (primary N) is 1. The van der Waals surface area contributed by atoms with E-state index in [0.717, 1.165) is 6.42 Å². The van der Waals surface area contributed by atoms with Crippen LogP contribution in [-0.2, 0) is 14.4 Å². The van der Waals surface area contributed by atoms with Gasteiger partial charge in [0.25, 0.3) is 5.91 Å². The van der Waals surface area contributed by atoms with Crippen molar-refractivity contribution in [2.45, 2.75) is 18.9 Å². The van der Waals surface area contributed by atoms with Crippen molar-refractivity contribution >= 4 is 11.8 Å².